The van der Waals surface area contributed by atoms with E-state index in [1.807, 2.05) is 24.1 Å². The van der Waals surface area contributed by atoms with Crippen molar-refractivity contribution in [3.8, 4) is 0 Å². The van der Waals surface area contributed by atoms with E-state index in [0.717, 1.165) is 90.1 Å². The lowest BCUT2D eigenvalue weighted by Gasteiger charge is -2.37. The highest BCUT2D eigenvalue weighted by Crippen LogP contribution is 2.37. The number of hydrogen-bond donors (Lipinski definition) is 3. The van der Waals surface area contributed by atoms with Crippen LogP contribution in [0.2, 0.25) is 0 Å². The number of urea groups is 1. The fourth-order valence-corrected chi connectivity index (χ4v) is 9.63. The van der Waals surface area contributed by atoms with Gasteiger partial charge in [-0.2, -0.15) is 0 Å². The highest BCUT2D eigenvalue weighted by Gasteiger charge is 2.36. The number of fused-ring (bicyclic) bond motifs is 1. The van der Waals surface area contributed by atoms with E-state index in [0.29, 0.717) is 58.8 Å². The number of aromatic nitrogens is 3. The van der Waals surface area contributed by atoms with Crippen LogP contribution in [-0.4, -0.2) is 126 Å². The van der Waals surface area contributed by atoms with Crippen molar-refractivity contribution in [3.63, 3.8) is 0 Å². The number of amides is 5. The Labute approximate surface area is 341 Å². The lowest BCUT2D eigenvalue weighted by molar-refractivity contribution is -0.134. The molecule has 0 bridgehead atoms. The maximum Gasteiger partial charge on any atom is 0.320 e. The Bertz CT molecular complexity index is 2260. The zero-order chi connectivity index (χ0) is 40.8. The number of benzene rings is 2. The molecule has 4 aromatic rings. The molecule has 7 heterocycles. The quantitative estimate of drug-likeness (QED) is 0.195. The average Bonchev–Trinajstić information content (AvgIpc) is 3.96. The zero-order valence-corrected chi connectivity index (χ0v) is 33.2. The molecule has 5 saturated heterocycles. The molecule has 0 radical (unpaired) electrons. The van der Waals surface area contributed by atoms with Gasteiger partial charge in [0.25, 0.3) is 5.91 Å². The van der Waals surface area contributed by atoms with E-state index in [2.05, 4.69) is 47.6 Å². The van der Waals surface area contributed by atoms with Crippen molar-refractivity contribution in [2.24, 2.45) is 11.7 Å². The molecule has 5 fully saturated rings. The summed E-state index contributed by atoms with van der Waals surface area (Å²) in [6, 6.07) is 11.5. The first-order valence-corrected chi connectivity index (χ1v) is 20.8. The number of halogens is 1. The van der Waals surface area contributed by atoms with Gasteiger partial charge < -0.3 is 40.1 Å². The molecule has 0 saturated carbocycles. The standard InChI is InChI=1S/C42H50FN11O5/c1-50-17-18-54(42(50)58)29-3-2-13-53(24-29)35-21-45-38(39(44)56)40(47-35)46-28-6-4-26(5-7-28)27-11-14-51(15-12-27)22-25-10-16-52(23-25)33-20-34-31(19-32(33)43)37(49-59-34)30-8-9-36(55)48-41(30)57/h4-7,19-21,25,27,29-30H,2-3,8-18,22-24H2,1H3,(H2,44,56)(H,46,47)(H,48,55,57)/t25-,29-,30?/m1/s1. The molecule has 59 heavy (non-hydrogen) atoms. The first-order valence-electron chi connectivity index (χ1n) is 20.8. The first-order chi connectivity index (χ1) is 28.6. The minimum atomic E-state index is -0.662. The summed E-state index contributed by atoms with van der Waals surface area (Å²) >= 11 is 0. The number of likely N-dealkylation sites (N-methyl/N-ethyl adjacent to an activating group) is 1. The van der Waals surface area contributed by atoms with E-state index in [9.17, 15) is 19.2 Å². The van der Waals surface area contributed by atoms with Crippen LogP contribution < -0.4 is 26.2 Å². The number of piperidine rings is 3. The molecule has 5 aliphatic rings. The number of carbonyl (C=O) groups excluding carboxylic acids is 4. The van der Waals surface area contributed by atoms with E-state index in [-0.39, 0.29) is 35.9 Å². The lowest BCUT2D eigenvalue weighted by Crippen LogP contribution is -2.49. The number of rotatable bonds is 10. The highest BCUT2D eigenvalue weighted by atomic mass is 19.1. The number of imide groups is 1. The molecule has 5 amide bonds. The summed E-state index contributed by atoms with van der Waals surface area (Å²) in [5.41, 5.74) is 9.11. The number of nitrogens with one attached hydrogen (secondary N) is 2. The molecular weight excluding hydrogens is 758 g/mol. The molecule has 16 nitrogen and oxygen atoms in total. The SMILES string of the molecule is CN1CCN([C@@H]2CCCN(c3cnc(C(N)=O)c(Nc4ccc(C5CCN(C[C@H]6CCN(c7cc8onc(C9CCC(=O)NC9=O)c8cc7F)C6)CC5)cc4)n3)C2)C1=O. The molecule has 17 heteroatoms. The van der Waals surface area contributed by atoms with E-state index in [4.69, 9.17) is 15.2 Å². The first kappa shape index (κ1) is 38.7. The third-order valence-corrected chi connectivity index (χ3v) is 12.9. The van der Waals surface area contributed by atoms with Gasteiger partial charge in [0.15, 0.2) is 17.1 Å². The van der Waals surface area contributed by atoms with Crippen molar-refractivity contribution in [2.45, 2.75) is 62.8 Å². The van der Waals surface area contributed by atoms with Gasteiger partial charge in [-0.05, 0) is 87.2 Å². The smallest absolute Gasteiger partial charge is 0.320 e. The molecule has 3 atom stereocenters. The number of hydrogen-bond acceptors (Lipinski definition) is 12. The van der Waals surface area contributed by atoms with Crippen LogP contribution in [0.3, 0.4) is 0 Å². The topological polar surface area (TPSA) is 186 Å². The number of nitrogens with zero attached hydrogens (tertiary/aromatic N) is 8. The monoisotopic (exact) mass is 807 g/mol. The van der Waals surface area contributed by atoms with Crippen molar-refractivity contribution in [1.82, 2.24) is 35.1 Å². The van der Waals surface area contributed by atoms with E-state index in [1.165, 1.54) is 11.6 Å². The van der Waals surface area contributed by atoms with E-state index >= 15 is 4.39 Å². The number of likely N-dealkylation sites (tertiary alicyclic amines) is 1. The summed E-state index contributed by atoms with van der Waals surface area (Å²) in [6.07, 6.45) is 7.00. The van der Waals surface area contributed by atoms with Gasteiger partial charge >= 0.3 is 6.03 Å². The van der Waals surface area contributed by atoms with Gasteiger partial charge in [-0.15, -0.1) is 0 Å². The summed E-state index contributed by atoms with van der Waals surface area (Å²) in [6.45, 7) is 7.27. The van der Waals surface area contributed by atoms with Crippen LogP contribution >= 0.6 is 0 Å². The Morgan fingerprint density at radius 2 is 1.78 bits per heavy atom. The minimum Gasteiger partial charge on any atom is -0.369 e. The molecular formula is C42H50FN11O5. The second kappa shape index (κ2) is 16.1. The molecule has 5 aliphatic heterocycles. The van der Waals surface area contributed by atoms with E-state index in [1.54, 1.807) is 17.2 Å². The van der Waals surface area contributed by atoms with Crippen LogP contribution in [0.15, 0.2) is 47.1 Å². The van der Waals surface area contributed by atoms with Gasteiger partial charge in [-0.25, -0.2) is 19.2 Å². The second-order valence-corrected chi connectivity index (χ2v) is 16.7. The van der Waals surface area contributed by atoms with Crippen molar-refractivity contribution in [3.05, 3.63) is 65.4 Å². The highest BCUT2D eigenvalue weighted by molar-refractivity contribution is 6.02. The third kappa shape index (κ3) is 7.87. The molecule has 9 rings (SSSR count). The number of primary amides is 1. The molecule has 4 N–H and O–H groups in total. The largest absolute Gasteiger partial charge is 0.369 e. The van der Waals surface area contributed by atoms with Gasteiger partial charge in [-0.1, -0.05) is 17.3 Å². The van der Waals surface area contributed by atoms with Crippen molar-refractivity contribution in [2.75, 3.05) is 81.1 Å². The molecule has 310 valence electrons. The zero-order valence-electron chi connectivity index (χ0n) is 33.2. The van der Waals surface area contributed by atoms with Gasteiger partial charge in [0, 0.05) is 76.4 Å². The fraction of sp³-hybridized carbons (Fsp3) is 0.500. The fourth-order valence-electron chi connectivity index (χ4n) is 9.63. The van der Waals surface area contributed by atoms with Crippen molar-refractivity contribution in [1.29, 1.82) is 0 Å². The Kier molecular flexibility index (Phi) is 10.5. The van der Waals surface area contributed by atoms with Gasteiger partial charge in [0.05, 0.1) is 23.8 Å². The van der Waals surface area contributed by atoms with Crippen molar-refractivity contribution < 1.29 is 28.1 Å². The van der Waals surface area contributed by atoms with Crippen LogP contribution in [0.25, 0.3) is 11.0 Å². The van der Waals surface area contributed by atoms with Crippen LogP contribution in [0, 0.1) is 11.7 Å². The Morgan fingerprint density at radius 3 is 2.53 bits per heavy atom. The number of nitrogens with two attached hydrogens (primary N) is 1. The Hall–Kier alpha value is -5.84. The average molecular weight is 808 g/mol. The Morgan fingerprint density at radius 1 is 0.966 bits per heavy atom. The summed E-state index contributed by atoms with van der Waals surface area (Å²) < 4.78 is 21.1. The maximum absolute atomic E-state index is 15.6. The predicted molar refractivity (Wildman–Crippen MR) is 218 cm³/mol. The number of anilines is 4. The normalized spacial score (nSPS) is 23.4. The summed E-state index contributed by atoms with van der Waals surface area (Å²) in [4.78, 5) is 68.7. The molecule has 1 unspecified atom stereocenters. The Balaban J connectivity index is 0.780. The van der Waals surface area contributed by atoms with Gasteiger partial charge in [0.2, 0.25) is 11.8 Å². The second-order valence-electron chi connectivity index (χ2n) is 16.7. The summed E-state index contributed by atoms with van der Waals surface area (Å²) in [7, 11) is 1.83. The maximum atomic E-state index is 15.6. The van der Waals surface area contributed by atoms with Crippen LogP contribution in [0.5, 0.6) is 0 Å². The van der Waals surface area contributed by atoms with Gasteiger partial charge in [0.1, 0.15) is 17.3 Å². The van der Waals surface area contributed by atoms with Crippen LogP contribution in [-0.2, 0) is 9.59 Å². The lowest BCUT2D eigenvalue weighted by atomic mass is 9.89. The number of carbonyl (C=O) groups is 4. The molecule has 0 spiro atoms. The van der Waals surface area contributed by atoms with E-state index < -0.39 is 17.7 Å². The minimum absolute atomic E-state index is 0.0600. The molecule has 0 aliphatic carbocycles. The predicted octanol–water partition coefficient (Wildman–Crippen LogP) is 4.16. The van der Waals surface area contributed by atoms with Crippen LogP contribution in [0.1, 0.15) is 78.5 Å². The van der Waals surface area contributed by atoms with Crippen LogP contribution in [0.4, 0.5) is 32.2 Å². The third-order valence-electron chi connectivity index (χ3n) is 12.9. The summed E-state index contributed by atoms with van der Waals surface area (Å²) in [5, 5.41) is 10.2. The molecule has 2 aromatic heterocycles. The molecule has 2 aromatic carbocycles. The summed E-state index contributed by atoms with van der Waals surface area (Å²) in [5.74, 6) is -0.649. The van der Waals surface area contributed by atoms with Gasteiger partial charge in [-0.3, -0.25) is 19.7 Å². The van der Waals surface area contributed by atoms with Crippen molar-refractivity contribution >= 4 is 57.7 Å².